The van der Waals surface area contributed by atoms with Crippen molar-refractivity contribution in [1.82, 2.24) is 0 Å². The molecule has 0 fully saturated rings. The Morgan fingerprint density at radius 2 is 2.00 bits per heavy atom. The molecule has 0 atom stereocenters. The van der Waals surface area contributed by atoms with E-state index in [4.69, 9.17) is 14.2 Å². The molecule has 1 aliphatic rings. The molecule has 2 aromatic carbocycles. The molecule has 0 spiro atoms. The lowest BCUT2D eigenvalue weighted by Crippen LogP contribution is -2.19. The lowest BCUT2D eigenvalue weighted by Gasteiger charge is -2.20. The highest BCUT2D eigenvalue weighted by Gasteiger charge is 2.22. The number of hydrogen-bond donors (Lipinski definition) is 0. The van der Waals surface area contributed by atoms with Crippen molar-refractivity contribution in [2.45, 2.75) is 6.92 Å². The summed E-state index contributed by atoms with van der Waals surface area (Å²) in [5.74, 6) is 0.459. The highest BCUT2D eigenvalue weighted by molar-refractivity contribution is 5.95. The molecule has 0 unspecified atom stereocenters. The Labute approximate surface area is 131 Å². The fourth-order valence-electron chi connectivity index (χ4n) is 2.29. The van der Waals surface area contributed by atoms with Crippen LogP contribution in [0.3, 0.4) is 0 Å². The van der Waals surface area contributed by atoms with E-state index in [2.05, 4.69) is 0 Å². The van der Waals surface area contributed by atoms with Crippen LogP contribution >= 0.6 is 0 Å². The maximum Gasteiger partial charge on any atom is 0.347 e. The fraction of sp³-hybridized carbons (Fsp3) is 0.188. The summed E-state index contributed by atoms with van der Waals surface area (Å²) in [6.45, 7) is 2.36. The first kappa shape index (κ1) is 14.8. The first-order chi connectivity index (χ1) is 11.1. The number of benzene rings is 2. The lowest BCUT2D eigenvalue weighted by atomic mass is 10.1. The van der Waals surface area contributed by atoms with Gasteiger partial charge in [0.1, 0.15) is 24.5 Å². The summed E-state index contributed by atoms with van der Waals surface area (Å²) in [7, 11) is 0. The number of nitro benzene ring substituents is 1. The number of rotatable bonds is 3. The molecule has 0 amide bonds. The summed E-state index contributed by atoms with van der Waals surface area (Å²) in [6.07, 6.45) is 0. The summed E-state index contributed by atoms with van der Waals surface area (Å²) < 4.78 is 16.2. The van der Waals surface area contributed by atoms with E-state index in [1.807, 2.05) is 0 Å². The number of hydrogen-bond acceptors (Lipinski definition) is 6. The third kappa shape index (κ3) is 2.94. The van der Waals surface area contributed by atoms with E-state index in [9.17, 15) is 14.9 Å². The number of nitrogens with zero attached hydrogens (tertiary/aromatic N) is 1. The molecular formula is C16H13NO6. The monoisotopic (exact) mass is 315 g/mol. The average Bonchev–Trinajstić information content (AvgIpc) is 2.54. The number of ether oxygens (including phenoxy) is 3. The predicted molar refractivity (Wildman–Crippen MR) is 80.2 cm³/mol. The second-order valence-corrected chi connectivity index (χ2v) is 4.92. The maximum atomic E-state index is 12.3. The first-order valence-electron chi connectivity index (χ1n) is 6.92. The maximum absolute atomic E-state index is 12.3. The van der Waals surface area contributed by atoms with Gasteiger partial charge in [-0.2, -0.15) is 0 Å². The fourth-order valence-corrected chi connectivity index (χ4v) is 2.29. The van der Waals surface area contributed by atoms with Crippen LogP contribution in [0.5, 0.6) is 17.2 Å². The second kappa shape index (κ2) is 5.96. The van der Waals surface area contributed by atoms with Crippen LogP contribution in [-0.4, -0.2) is 24.1 Å². The summed E-state index contributed by atoms with van der Waals surface area (Å²) in [4.78, 5) is 22.6. The van der Waals surface area contributed by atoms with Gasteiger partial charge in [0.2, 0.25) is 0 Å². The number of carbonyl (C=O) groups is 1. The number of aryl methyl sites for hydroxylation is 1. The van der Waals surface area contributed by atoms with Gasteiger partial charge < -0.3 is 14.2 Å². The number of nitro groups is 1. The van der Waals surface area contributed by atoms with Crippen molar-refractivity contribution in [1.29, 1.82) is 0 Å². The summed E-state index contributed by atoms with van der Waals surface area (Å²) in [5, 5.41) is 10.8. The molecule has 23 heavy (non-hydrogen) atoms. The summed E-state index contributed by atoms with van der Waals surface area (Å²) in [6, 6.07) is 9.09. The topological polar surface area (TPSA) is 87.9 Å². The Morgan fingerprint density at radius 3 is 2.74 bits per heavy atom. The van der Waals surface area contributed by atoms with Crippen molar-refractivity contribution in [3.63, 3.8) is 0 Å². The third-order valence-corrected chi connectivity index (χ3v) is 3.36. The number of para-hydroxylation sites is 1. The minimum atomic E-state index is -0.611. The first-order valence-corrected chi connectivity index (χ1v) is 6.92. The molecular weight excluding hydrogens is 302 g/mol. The van der Waals surface area contributed by atoms with E-state index < -0.39 is 10.9 Å². The van der Waals surface area contributed by atoms with Gasteiger partial charge >= 0.3 is 5.97 Å². The van der Waals surface area contributed by atoms with E-state index in [0.717, 1.165) is 0 Å². The van der Waals surface area contributed by atoms with E-state index in [1.165, 1.54) is 18.2 Å². The Bertz CT molecular complexity index is 786. The minimum Gasteiger partial charge on any atom is -0.486 e. The molecule has 0 aromatic heterocycles. The molecule has 0 radical (unpaired) electrons. The third-order valence-electron chi connectivity index (χ3n) is 3.36. The van der Waals surface area contributed by atoms with Gasteiger partial charge in [-0.25, -0.2) is 4.79 Å². The van der Waals surface area contributed by atoms with Crippen LogP contribution in [0.15, 0.2) is 36.4 Å². The van der Waals surface area contributed by atoms with Crippen molar-refractivity contribution in [2.24, 2.45) is 0 Å². The Morgan fingerprint density at radius 1 is 1.22 bits per heavy atom. The van der Waals surface area contributed by atoms with Gasteiger partial charge in [-0.05, 0) is 31.2 Å². The number of fused-ring (bicyclic) bond motifs is 1. The van der Waals surface area contributed by atoms with E-state index in [1.54, 1.807) is 25.1 Å². The molecule has 118 valence electrons. The minimum absolute atomic E-state index is 0.0291. The van der Waals surface area contributed by atoms with Crippen molar-refractivity contribution >= 4 is 11.7 Å². The summed E-state index contributed by atoms with van der Waals surface area (Å²) in [5.41, 5.74) is 0.631. The molecule has 0 saturated carbocycles. The number of carbonyl (C=O) groups excluding carboxylic acids is 1. The van der Waals surface area contributed by atoms with Crippen LogP contribution < -0.4 is 14.2 Å². The zero-order valence-electron chi connectivity index (χ0n) is 12.3. The molecule has 1 heterocycles. The van der Waals surface area contributed by atoms with Crippen molar-refractivity contribution in [3.05, 3.63) is 57.6 Å². The number of esters is 1. The van der Waals surface area contributed by atoms with E-state index >= 15 is 0 Å². The zero-order valence-corrected chi connectivity index (χ0v) is 12.3. The molecule has 1 aliphatic heterocycles. The van der Waals surface area contributed by atoms with Gasteiger partial charge in [-0.1, -0.05) is 6.07 Å². The van der Waals surface area contributed by atoms with Crippen LogP contribution in [0.2, 0.25) is 0 Å². The summed E-state index contributed by atoms with van der Waals surface area (Å²) >= 11 is 0. The van der Waals surface area contributed by atoms with Crippen LogP contribution in [0.25, 0.3) is 0 Å². The van der Waals surface area contributed by atoms with Gasteiger partial charge in [0, 0.05) is 11.6 Å². The standard InChI is InChI=1S/C16H13NO6/c1-10-9-11(5-6-13(10)17(19)20)23-16(18)12-3-2-4-14-15(12)22-8-7-21-14/h2-6,9H,7-8H2,1H3. The normalized spacial score (nSPS) is 12.6. The SMILES string of the molecule is Cc1cc(OC(=O)c2cccc3c2OCCO3)ccc1[N+](=O)[O-]. The molecule has 0 bridgehead atoms. The second-order valence-electron chi connectivity index (χ2n) is 4.92. The molecule has 0 saturated heterocycles. The highest BCUT2D eigenvalue weighted by atomic mass is 16.6. The predicted octanol–water partition coefficient (Wildman–Crippen LogP) is 2.89. The van der Waals surface area contributed by atoms with Crippen molar-refractivity contribution in [2.75, 3.05) is 13.2 Å². The van der Waals surface area contributed by atoms with Crippen molar-refractivity contribution < 1.29 is 23.9 Å². The van der Waals surface area contributed by atoms with Crippen molar-refractivity contribution in [3.8, 4) is 17.2 Å². The zero-order chi connectivity index (χ0) is 16.4. The van der Waals surface area contributed by atoms with Crippen LogP contribution in [-0.2, 0) is 0 Å². The average molecular weight is 315 g/mol. The Hall–Kier alpha value is -3.09. The van der Waals surface area contributed by atoms with E-state index in [-0.39, 0.29) is 17.0 Å². The van der Waals surface area contributed by atoms with Gasteiger partial charge in [0.15, 0.2) is 11.5 Å². The van der Waals surface area contributed by atoms with Crippen LogP contribution in [0.1, 0.15) is 15.9 Å². The Kier molecular flexibility index (Phi) is 3.84. The molecule has 0 aliphatic carbocycles. The molecule has 2 aromatic rings. The Balaban J connectivity index is 1.85. The van der Waals surface area contributed by atoms with Crippen LogP contribution in [0.4, 0.5) is 5.69 Å². The smallest absolute Gasteiger partial charge is 0.347 e. The van der Waals surface area contributed by atoms with Crippen LogP contribution in [0, 0.1) is 17.0 Å². The van der Waals surface area contributed by atoms with Gasteiger partial charge in [0.25, 0.3) is 5.69 Å². The highest BCUT2D eigenvalue weighted by Crippen LogP contribution is 2.34. The molecule has 7 heteroatoms. The van der Waals surface area contributed by atoms with Gasteiger partial charge in [0.05, 0.1) is 4.92 Å². The largest absolute Gasteiger partial charge is 0.486 e. The lowest BCUT2D eigenvalue weighted by molar-refractivity contribution is -0.385. The van der Waals surface area contributed by atoms with Gasteiger partial charge in [-0.3, -0.25) is 10.1 Å². The molecule has 3 rings (SSSR count). The van der Waals surface area contributed by atoms with Gasteiger partial charge in [-0.15, -0.1) is 0 Å². The quantitative estimate of drug-likeness (QED) is 0.374. The molecule has 0 N–H and O–H groups in total. The van der Waals surface area contributed by atoms with E-state index in [0.29, 0.717) is 30.3 Å². The molecule has 7 nitrogen and oxygen atoms in total.